The lowest BCUT2D eigenvalue weighted by Gasteiger charge is -2.11. The zero-order valence-electron chi connectivity index (χ0n) is 19.3. The van der Waals surface area contributed by atoms with Crippen LogP contribution >= 0.6 is 11.3 Å². The summed E-state index contributed by atoms with van der Waals surface area (Å²) in [6, 6.07) is 41.1. The molecule has 0 atom stereocenters. The predicted molar refractivity (Wildman–Crippen MR) is 150 cm³/mol. The molecule has 2 heterocycles. The molecule has 0 saturated heterocycles. The number of para-hydroxylation sites is 2. The van der Waals surface area contributed by atoms with Crippen molar-refractivity contribution in [3.63, 3.8) is 0 Å². The van der Waals surface area contributed by atoms with E-state index in [1.807, 2.05) is 0 Å². The molecule has 7 aromatic rings. The second-order valence-electron chi connectivity index (χ2n) is 8.91. The molecule has 166 valence electrons. The largest absolute Gasteiger partial charge is 0.309 e. The van der Waals surface area contributed by atoms with Gasteiger partial charge < -0.3 is 4.57 Å². The second-order valence-corrected chi connectivity index (χ2v) is 9.94. The monoisotopic (exact) mass is 466 g/mol. The van der Waals surface area contributed by atoms with Crippen molar-refractivity contribution in [3.8, 4) is 27.4 Å². The fraction of sp³-hybridized carbons (Fsp3) is 0.0312. The van der Waals surface area contributed by atoms with Crippen molar-refractivity contribution < 1.29 is 0 Å². The molecule has 2 nitrogen and oxygen atoms in total. The molecule has 0 radical (unpaired) electrons. The summed E-state index contributed by atoms with van der Waals surface area (Å²) in [6.45, 7) is 2.16. The Morgan fingerprint density at radius 2 is 1.26 bits per heavy atom. The van der Waals surface area contributed by atoms with Crippen LogP contribution in [0.4, 0.5) is 0 Å². The smallest absolute Gasteiger partial charge is 0.124 e. The van der Waals surface area contributed by atoms with Gasteiger partial charge in [-0.25, -0.2) is 4.98 Å². The minimum absolute atomic E-state index is 1.06. The van der Waals surface area contributed by atoms with Crippen LogP contribution in [0.1, 0.15) is 5.56 Å². The number of benzene rings is 5. The van der Waals surface area contributed by atoms with Gasteiger partial charge in [0.25, 0.3) is 0 Å². The van der Waals surface area contributed by atoms with Gasteiger partial charge in [-0.15, -0.1) is 11.3 Å². The molecule has 0 amide bonds. The van der Waals surface area contributed by atoms with Gasteiger partial charge in [-0.3, -0.25) is 0 Å². The van der Waals surface area contributed by atoms with Gasteiger partial charge >= 0.3 is 0 Å². The average Bonchev–Trinajstić information content (AvgIpc) is 3.48. The highest BCUT2D eigenvalue weighted by atomic mass is 32.1. The molecule has 0 aliphatic rings. The number of rotatable bonds is 3. The molecule has 0 aliphatic carbocycles. The number of hydrogen-bond acceptors (Lipinski definition) is 2. The molecule has 0 spiro atoms. The van der Waals surface area contributed by atoms with E-state index in [0.29, 0.717) is 0 Å². The summed E-state index contributed by atoms with van der Waals surface area (Å²) in [4.78, 5) is 5.18. The van der Waals surface area contributed by atoms with Crippen molar-refractivity contribution in [1.82, 2.24) is 9.55 Å². The van der Waals surface area contributed by atoms with Crippen LogP contribution in [0.2, 0.25) is 0 Å². The second kappa shape index (κ2) is 7.93. The molecule has 0 saturated carbocycles. The molecule has 35 heavy (non-hydrogen) atoms. The molecule has 0 aliphatic heterocycles. The molecule has 7 rings (SSSR count). The van der Waals surface area contributed by atoms with Crippen LogP contribution in [0.5, 0.6) is 0 Å². The van der Waals surface area contributed by atoms with Crippen LogP contribution in [-0.2, 0) is 0 Å². The first kappa shape index (κ1) is 20.2. The summed E-state index contributed by atoms with van der Waals surface area (Å²) in [6.07, 6.45) is 0. The normalized spacial score (nSPS) is 11.6. The number of fused-ring (bicyclic) bond motifs is 4. The van der Waals surface area contributed by atoms with Crippen molar-refractivity contribution in [2.45, 2.75) is 6.92 Å². The number of nitrogens with zero attached hydrogens (tertiary/aromatic N) is 2. The van der Waals surface area contributed by atoms with Gasteiger partial charge in [0, 0.05) is 27.6 Å². The number of aryl methyl sites for hydroxylation is 1. The third-order valence-corrected chi connectivity index (χ3v) is 7.81. The first-order valence-electron chi connectivity index (χ1n) is 11.8. The molecule has 2 aromatic heterocycles. The molecule has 0 unspecified atom stereocenters. The van der Waals surface area contributed by atoms with Gasteiger partial charge in [0.05, 0.1) is 21.3 Å². The zero-order chi connectivity index (χ0) is 23.4. The summed E-state index contributed by atoms with van der Waals surface area (Å²) in [5.41, 5.74) is 9.45. The lowest BCUT2D eigenvalue weighted by atomic mass is 10.0. The van der Waals surface area contributed by atoms with Gasteiger partial charge in [-0.1, -0.05) is 91.0 Å². The Morgan fingerprint density at radius 3 is 1.97 bits per heavy atom. The molecule has 0 N–H and O–H groups in total. The van der Waals surface area contributed by atoms with E-state index in [4.69, 9.17) is 4.98 Å². The van der Waals surface area contributed by atoms with Crippen LogP contribution in [0.3, 0.4) is 0 Å². The Kier molecular flexibility index (Phi) is 4.58. The number of thiazole rings is 1. The zero-order valence-corrected chi connectivity index (χ0v) is 20.1. The summed E-state index contributed by atoms with van der Waals surface area (Å²) in [5.74, 6) is 0. The molecular weight excluding hydrogens is 444 g/mol. The van der Waals surface area contributed by atoms with Crippen LogP contribution < -0.4 is 0 Å². The quantitative estimate of drug-likeness (QED) is 0.254. The molecule has 3 heteroatoms. The third-order valence-electron chi connectivity index (χ3n) is 6.78. The highest BCUT2D eigenvalue weighted by Crippen LogP contribution is 2.40. The average molecular weight is 467 g/mol. The Balaban J connectivity index is 1.57. The Labute approximate surface area is 207 Å². The van der Waals surface area contributed by atoms with E-state index in [9.17, 15) is 0 Å². The van der Waals surface area contributed by atoms with E-state index in [2.05, 4.69) is 127 Å². The summed E-state index contributed by atoms with van der Waals surface area (Å²) >= 11 is 1.77. The van der Waals surface area contributed by atoms with Crippen molar-refractivity contribution >= 4 is 43.4 Å². The van der Waals surface area contributed by atoms with E-state index < -0.39 is 0 Å². The minimum Gasteiger partial charge on any atom is -0.309 e. The third kappa shape index (κ3) is 3.20. The fourth-order valence-corrected chi connectivity index (χ4v) is 6.23. The maximum absolute atomic E-state index is 5.18. The maximum Gasteiger partial charge on any atom is 0.124 e. The SMILES string of the molecule is Cc1ccccc1-c1nc2c(-c3ccccc3)cc(-n3c4ccccc4c4ccccc43)cc2s1. The highest BCUT2D eigenvalue weighted by Gasteiger charge is 2.17. The lowest BCUT2D eigenvalue weighted by Crippen LogP contribution is -1.95. The number of aromatic nitrogens is 2. The minimum atomic E-state index is 1.06. The summed E-state index contributed by atoms with van der Waals surface area (Å²) in [5, 5.41) is 3.61. The Hall–Kier alpha value is -4.21. The van der Waals surface area contributed by atoms with Crippen LogP contribution in [0.25, 0.3) is 59.4 Å². The first-order chi connectivity index (χ1) is 17.3. The van der Waals surface area contributed by atoms with Crippen LogP contribution in [0, 0.1) is 6.92 Å². The maximum atomic E-state index is 5.18. The molecule has 0 bridgehead atoms. The van der Waals surface area contributed by atoms with E-state index in [-0.39, 0.29) is 0 Å². The highest BCUT2D eigenvalue weighted by molar-refractivity contribution is 7.21. The molecular formula is C32H22N2S. The van der Waals surface area contributed by atoms with Crippen molar-refractivity contribution in [1.29, 1.82) is 0 Å². The van der Waals surface area contributed by atoms with Gasteiger partial charge in [-0.2, -0.15) is 0 Å². The van der Waals surface area contributed by atoms with Gasteiger partial charge in [0.15, 0.2) is 0 Å². The molecule has 5 aromatic carbocycles. The van der Waals surface area contributed by atoms with Gasteiger partial charge in [0.1, 0.15) is 5.01 Å². The van der Waals surface area contributed by atoms with Crippen LogP contribution in [0.15, 0.2) is 115 Å². The molecule has 0 fully saturated rings. The van der Waals surface area contributed by atoms with Crippen molar-refractivity contribution in [2.24, 2.45) is 0 Å². The van der Waals surface area contributed by atoms with Crippen LogP contribution in [-0.4, -0.2) is 9.55 Å². The predicted octanol–water partition coefficient (Wildman–Crippen LogP) is 9.04. The first-order valence-corrected chi connectivity index (χ1v) is 12.6. The van der Waals surface area contributed by atoms with E-state index in [1.165, 1.54) is 43.2 Å². The summed E-state index contributed by atoms with van der Waals surface area (Å²) in [7, 11) is 0. The van der Waals surface area contributed by atoms with Crippen molar-refractivity contribution in [3.05, 3.63) is 121 Å². The summed E-state index contributed by atoms with van der Waals surface area (Å²) < 4.78 is 3.59. The van der Waals surface area contributed by atoms with E-state index >= 15 is 0 Å². The van der Waals surface area contributed by atoms with Gasteiger partial charge in [-0.05, 0) is 42.3 Å². The Bertz CT molecular complexity index is 1800. The van der Waals surface area contributed by atoms with E-state index in [1.54, 1.807) is 11.3 Å². The Morgan fingerprint density at radius 1 is 0.629 bits per heavy atom. The van der Waals surface area contributed by atoms with E-state index in [0.717, 1.165) is 21.8 Å². The van der Waals surface area contributed by atoms with Gasteiger partial charge in [0.2, 0.25) is 0 Å². The number of hydrogen-bond donors (Lipinski definition) is 0. The van der Waals surface area contributed by atoms with Crippen molar-refractivity contribution in [2.75, 3.05) is 0 Å². The fourth-order valence-electron chi connectivity index (χ4n) is 5.11. The lowest BCUT2D eigenvalue weighted by molar-refractivity contribution is 1.19. The standard InChI is InChI=1S/C32H22N2S/c1-21-11-5-6-14-24(21)32-33-31-27(22-12-3-2-4-13-22)19-23(20-30(31)35-32)34-28-17-9-7-15-25(28)26-16-8-10-18-29(26)34/h2-20H,1H3. The topological polar surface area (TPSA) is 17.8 Å².